The molecule has 0 amide bonds. The lowest BCUT2D eigenvalue weighted by Gasteiger charge is -2.02. The van der Waals surface area contributed by atoms with E-state index in [0.29, 0.717) is 16.2 Å². The zero-order chi connectivity index (χ0) is 9.14. The molecule has 0 aliphatic rings. The van der Waals surface area contributed by atoms with Crippen molar-refractivity contribution in [3.05, 3.63) is 22.1 Å². The van der Waals surface area contributed by atoms with Crippen LogP contribution in [0, 0.1) is 5.92 Å². The van der Waals surface area contributed by atoms with Crippen molar-refractivity contribution < 1.29 is 9.21 Å². The fraction of sp³-hybridized carbons (Fsp3) is 0.444. The average molecular weight is 231 g/mol. The van der Waals surface area contributed by atoms with E-state index in [-0.39, 0.29) is 0 Å². The molecule has 66 valence electrons. The molecule has 0 saturated carbocycles. The number of rotatable bonds is 3. The van der Waals surface area contributed by atoms with Gasteiger partial charge in [-0.1, -0.05) is 13.8 Å². The Morgan fingerprint density at radius 1 is 1.67 bits per heavy atom. The minimum Gasteiger partial charge on any atom is -0.457 e. The van der Waals surface area contributed by atoms with E-state index < -0.39 is 0 Å². The Balaban J connectivity index is 2.94. The van der Waals surface area contributed by atoms with Crippen molar-refractivity contribution in [2.24, 2.45) is 5.92 Å². The van der Waals surface area contributed by atoms with Gasteiger partial charge in [-0.25, -0.2) is 0 Å². The highest BCUT2D eigenvalue weighted by molar-refractivity contribution is 9.10. The number of carbonyl (C=O) groups excluding carboxylic acids is 1. The normalized spacial score (nSPS) is 10.7. The first-order chi connectivity index (χ1) is 5.65. The fourth-order valence-electron chi connectivity index (χ4n) is 1.08. The van der Waals surface area contributed by atoms with E-state index in [2.05, 4.69) is 29.8 Å². The van der Waals surface area contributed by atoms with Crippen molar-refractivity contribution in [1.82, 2.24) is 0 Å². The standard InChI is InChI=1S/C9H11BrO2/c1-6(2)3-8-7(4-11)5-12-9(8)10/h4-6H,3H2,1-2H3. The quantitative estimate of drug-likeness (QED) is 0.748. The van der Waals surface area contributed by atoms with Crippen LogP contribution in [-0.4, -0.2) is 6.29 Å². The largest absolute Gasteiger partial charge is 0.457 e. The SMILES string of the molecule is CC(C)Cc1c(C=O)coc1Br. The van der Waals surface area contributed by atoms with Gasteiger partial charge in [-0.05, 0) is 28.3 Å². The predicted molar refractivity (Wildman–Crippen MR) is 50.3 cm³/mol. The lowest BCUT2D eigenvalue weighted by Crippen LogP contribution is -1.96. The van der Waals surface area contributed by atoms with Gasteiger partial charge in [-0.3, -0.25) is 4.79 Å². The van der Waals surface area contributed by atoms with Gasteiger partial charge in [-0.2, -0.15) is 0 Å². The van der Waals surface area contributed by atoms with Crippen LogP contribution in [0.3, 0.4) is 0 Å². The number of hydrogen-bond donors (Lipinski definition) is 0. The van der Waals surface area contributed by atoms with Crippen LogP contribution in [0.4, 0.5) is 0 Å². The molecule has 0 aliphatic heterocycles. The molecule has 0 saturated heterocycles. The van der Waals surface area contributed by atoms with Gasteiger partial charge in [0.25, 0.3) is 0 Å². The van der Waals surface area contributed by atoms with E-state index in [9.17, 15) is 4.79 Å². The Hall–Kier alpha value is -0.570. The van der Waals surface area contributed by atoms with Gasteiger partial charge in [0, 0.05) is 5.56 Å². The molecule has 3 heteroatoms. The van der Waals surface area contributed by atoms with Crippen LogP contribution in [0.15, 0.2) is 15.3 Å². The van der Waals surface area contributed by atoms with Crippen molar-refractivity contribution in [2.45, 2.75) is 20.3 Å². The number of hydrogen-bond acceptors (Lipinski definition) is 2. The van der Waals surface area contributed by atoms with Crippen molar-refractivity contribution in [1.29, 1.82) is 0 Å². The van der Waals surface area contributed by atoms with Crippen LogP contribution in [-0.2, 0) is 6.42 Å². The lowest BCUT2D eigenvalue weighted by molar-refractivity contribution is 0.112. The van der Waals surface area contributed by atoms with Crippen LogP contribution in [0.5, 0.6) is 0 Å². The Kier molecular flexibility index (Phi) is 3.09. The van der Waals surface area contributed by atoms with Crippen LogP contribution in [0.1, 0.15) is 29.8 Å². The van der Waals surface area contributed by atoms with Crippen LogP contribution >= 0.6 is 15.9 Å². The smallest absolute Gasteiger partial charge is 0.172 e. The lowest BCUT2D eigenvalue weighted by atomic mass is 10.0. The number of halogens is 1. The molecule has 0 atom stereocenters. The summed E-state index contributed by atoms with van der Waals surface area (Å²) in [6.07, 6.45) is 3.17. The average Bonchev–Trinajstić information content (AvgIpc) is 2.32. The zero-order valence-electron chi connectivity index (χ0n) is 7.13. The molecule has 0 aliphatic carbocycles. The summed E-state index contributed by atoms with van der Waals surface area (Å²) < 4.78 is 5.75. The Morgan fingerprint density at radius 3 is 2.83 bits per heavy atom. The van der Waals surface area contributed by atoms with Gasteiger partial charge in [0.2, 0.25) is 0 Å². The number of aldehydes is 1. The highest BCUT2D eigenvalue weighted by atomic mass is 79.9. The van der Waals surface area contributed by atoms with Crippen molar-refractivity contribution in [3.8, 4) is 0 Å². The molecule has 2 nitrogen and oxygen atoms in total. The summed E-state index contributed by atoms with van der Waals surface area (Å²) in [6.45, 7) is 4.21. The first kappa shape index (κ1) is 9.52. The predicted octanol–water partition coefficient (Wildman–Crippen LogP) is 3.05. The summed E-state index contributed by atoms with van der Waals surface area (Å²) >= 11 is 3.26. The molecule has 0 aromatic carbocycles. The minimum absolute atomic E-state index is 0.526. The molecule has 0 N–H and O–H groups in total. The third-order valence-electron chi connectivity index (χ3n) is 1.61. The second kappa shape index (κ2) is 3.90. The summed E-state index contributed by atoms with van der Waals surface area (Å²) in [6, 6.07) is 0. The van der Waals surface area contributed by atoms with Crippen molar-refractivity contribution in [3.63, 3.8) is 0 Å². The summed E-state index contributed by atoms with van der Waals surface area (Å²) in [5, 5.41) is 0. The minimum atomic E-state index is 0.526. The maximum absolute atomic E-state index is 10.5. The molecular weight excluding hydrogens is 220 g/mol. The molecule has 1 rings (SSSR count). The molecule has 0 bridgehead atoms. The summed E-state index contributed by atoms with van der Waals surface area (Å²) in [5.41, 5.74) is 1.62. The second-order valence-corrected chi connectivity index (χ2v) is 3.88. The van der Waals surface area contributed by atoms with Crippen molar-refractivity contribution >= 4 is 22.2 Å². The Bertz CT molecular complexity index is 276. The molecule has 0 fully saturated rings. The van der Waals surface area contributed by atoms with E-state index in [1.165, 1.54) is 6.26 Å². The molecule has 0 spiro atoms. The highest BCUT2D eigenvalue weighted by Crippen LogP contribution is 2.24. The van der Waals surface area contributed by atoms with E-state index >= 15 is 0 Å². The van der Waals surface area contributed by atoms with Gasteiger partial charge in [0.15, 0.2) is 11.0 Å². The van der Waals surface area contributed by atoms with E-state index in [0.717, 1.165) is 18.3 Å². The van der Waals surface area contributed by atoms with Gasteiger partial charge in [0.05, 0.1) is 5.56 Å². The zero-order valence-corrected chi connectivity index (χ0v) is 8.72. The van der Waals surface area contributed by atoms with Crippen LogP contribution in [0.25, 0.3) is 0 Å². The molecular formula is C9H11BrO2. The fourth-order valence-corrected chi connectivity index (χ4v) is 1.56. The first-order valence-electron chi connectivity index (χ1n) is 3.86. The Labute approximate surface area is 80.1 Å². The number of carbonyl (C=O) groups is 1. The van der Waals surface area contributed by atoms with Gasteiger partial charge < -0.3 is 4.42 Å². The third-order valence-corrected chi connectivity index (χ3v) is 2.28. The van der Waals surface area contributed by atoms with Crippen molar-refractivity contribution in [2.75, 3.05) is 0 Å². The van der Waals surface area contributed by atoms with E-state index in [4.69, 9.17) is 4.42 Å². The summed E-state index contributed by atoms with van der Waals surface area (Å²) in [4.78, 5) is 10.5. The summed E-state index contributed by atoms with van der Waals surface area (Å²) in [7, 11) is 0. The van der Waals surface area contributed by atoms with E-state index in [1.807, 2.05) is 0 Å². The number of furan rings is 1. The maximum atomic E-state index is 10.5. The molecule has 12 heavy (non-hydrogen) atoms. The molecule has 1 aromatic rings. The van der Waals surface area contributed by atoms with Crippen LogP contribution in [0.2, 0.25) is 0 Å². The highest BCUT2D eigenvalue weighted by Gasteiger charge is 2.11. The van der Waals surface area contributed by atoms with Gasteiger partial charge >= 0.3 is 0 Å². The van der Waals surface area contributed by atoms with Gasteiger partial charge in [-0.15, -0.1) is 0 Å². The molecule has 0 unspecified atom stereocenters. The maximum Gasteiger partial charge on any atom is 0.172 e. The van der Waals surface area contributed by atoms with E-state index in [1.54, 1.807) is 0 Å². The molecule has 1 aromatic heterocycles. The first-order valence-corrected chi connectivity index (χ1v) is 4.65. The van der Waals surface area contributed by atoms with Gasteiger partial charge in [0.1, 0.15) is 6.26 Å². The third kappa shape index (κ3) is 1.97. The topological polar surface area (TPSA) is 30.2 Å². The Morgan fingerprint density at radius 2 is 2.33 bits per heavy atom. The molecule has 1 heterocycles. The monoisotopic (exact) mass is 230 g/mol. The van der Waals surface area contributed by atoms with Crippen LogP contribution < -0.4 is 0 Å². The summed E-state index contributed by atoms with van der Waals surface area (Å²) in [5.74, 6) is 0.526. The molecule has 0 radical (unpaired) electrons. The second-order valence-electron chi connectivity index (χ2n) is 3.16.